The van der Waals surface area contributed by atoms with Crippen LogP contribution < -0.4 is 10.2 Å². The van der Waals surface area contributed by atoms with Gasteiger partial charge in [-0.05, 0) is 30.3 Å². The fraction of sp³-hybridized carbons (Fsp3) is 0.0667. The molecular formula is C15H12BrN3OS. The molecular weight excluding hydrogens is 350 g/mol. The molecule has 2 aromatic carbocycles. The van der Waals surface area contributed by atoms with Gasteiger partial charge in [0, 0.05) is 10.0 Å². The normalized spacial score (nSPS) is 11.1. The molecule has 0 saturated carbocycles. The molecule has 0 amide bonds. The Bertz CT molecular complexity index is 767. The van der Waals surface area contributed by atoms with Crippen molar-refractivity contribution in [1.29, 1.82) is 0 Å². The van der Waals surface area contributed by atoms with E-state index in [4.69, 9.17) is 4.74 Å². The van der Waals surface area contributed by atoms with E-state index < -0.39 is 0 Å². The molecule has 1 aromatic heterocycles. The molecule has 0 unspecified atom stereocenters. The Morgan fingerprint density at radius 2 is 2.14 bits per heavy atom. The topological polar surface area (TPSA) is 46.5 Å². The maximum Gasteiger partial charge on any atom is 0.204 e. The van der Waals surface area contributed by atoms with Crippen LogP contribution in [0.25, 0.3) is 10.2 Å². The van der Waals surface area contributed by atoms with Gasteiger partial charge in [0.05, 0.1) is 23.5 Å². The van der Waals surface area contributed by atoms with Crippen LogP contribution in [-0.2, 0) is 0 Å². The van der Waals surface area contributed by atoms with Crippen molar-refractivity contribution >= 4 is 48.8 Å². The zero-order valence-corrected chi connectivity index (χ0v) is 13.6. The van der Waals surface area contributed by atoms with Gasteiger partial charge in [0.1, 0.15) is 5.75 Å². The summed E-state index contributed by atoms with van der Waals surface area (Å²) in [5, 5.41) is 4.99. The molecule has 0 saturated heterocycles. The Morgan fingerprint density at radius 3 is 2.95 bits per heavy atom. The number of benzene rings is 2. The third-order valence-electron chi connectivity index (χ3n) is 2.85. The molecule has 4 nitrogen and oxygen atoms in total. The zero-order valence-electron chi connectivity index (χ0n) is 11.2. The first-order chi connectivity index (χ1) is 10.3. The third-order valence-corrected chi connectivity index (χ3v) is 4.28. The highest BCUT2D eigenvalue weighted by atomic mass is 79.9. The van der Waals surface area contributed by atoms with Crippen LogP contribution in [0.15, 0.2) is 52.0 Å². The quantitative estimate of drug-likeness (QED) is 0.549. The van der Waals surface area contributed by atoms with Crippen molar-refractivity contribution in [2.75, 3.05) is 12.5 Å². The molecule has 0 aliphatic carbocycles. The molecule has 0 aliphatic rings. The summed E-state index contributed by atoms with van der Waals surface area (Å²) in [5.74, 6) is 0.771. The van der Waals surface area contributed by atoms with Crippen molar-refractivity contribution in [2.45, 2.75) is 0 Å². The molecule has 0 bridgehead atoms. The van der Waals surface area contributed by atoms with Gasteiger partial charge in [0.2, 0.25) is 5.13 Å². The summed E-state index contributed by atoms with van der Waals surface area (Å²) in [5.41, 5.74) is 4.82. The Labute approximate surface area is 134 Å². The maximum atomic E-state index is 5.30. The van der Waals surface area contributed by atoms with Gasteiger partial charge in [-0.25, -0.2) is 4.98 Å². The molecule has 3 rings (SSSR count). The number of hydrogen-bond acceptors (Lipinski definition) is 5. The van der Waals surface area contributed by atoms with Crippen LogP contribution in [0.2, 0.25) is 0 Å². The molecule has 21 heavy (non-hydrogen) atoms. The van der Waals surface area contributed by atoms with E-state index in [0.29, 0.717) is 0 Å². The molecule has 1 heterocycles. The first-order valence-electron chi connectivity index (χ1n) is 6.24. The number of thiazole rings is 1. The molecule has 1 N–H and O–H groups in total. The van der Waals surface area contributed by atoms with Crippen LogP contribution in [0.5, 0.6) is 5.75 Å². The van der Waals surface area contributed by atoms with Crippen LogP contribution in [0.1, 0.15) is 5.56 Å². The lowest BCUT2D eigenvalue weighted by Crippen LogP contribution is -1.93. The summed E-state index contributed by atoms with van der Waals surface area (Å²) in [6, 6.07) is 13.8. The predicted molar refractivity (Wildman–Crippen MR) is 91.5 cm³/mol. The Morgan fingerprint density at radius 1 is 1.29 bits per heavy atom. The maximum absolute atomic E-state index is 5.30. The van der Waals surface area contributed by atoms with Crippen molar-refractivity contribution in [2.24, 2.45) is 5.10 Å². The Hall–Kier alpha value is -1.92. The molecule has 0 atom stereocenters. The van der Waals surface area contributed by atoms with Crippen molar-refractivity contribution < 1.29 is 4.74 Å². The summed E-state index contributed by atoms with van der Waals surface area (Å²) < 4.78 is 7.41. The van der Waals surface area contributed by atoms with Gasteiger partial charge < -0.3 is 4.74 Å². The fourth-order valence-electron chi connectivity index (χ4n) is 1.88. The van der Waals surface area contributed by atoms with E-state index in [-0.39, 0.29) is 0 Å². The van der Waals surface area contributed by atoms with Crippen molar-refractivity contribution in [3.05, 3.63) is 52.5 Å². The summed E-state index contributed by atoms with van der Waals surface area (Å²) in [6.45, 7) is 0. The van der Waals surface area contributed by atoms with Gasteiger partial charge in [-0.2, -0.15) is 5.10 Å². The number of aromatic nitrogens is 1. The number of methoxy groups -OCH3 is 1. The smallest absolute Gasteiger partial charge is 0.204 e. The number of ether oxygens (including phenoxy) is 1. The van der Waals surface area contributed by atoms with Crippen LogP contribution in [-0.4, -0.2) is 18.3 Å². The fourth-order valence-corrected chi connectivity index (χ4v) is 3.08. The van der Waals surface area contributed by atoms with Gasteiger partial charge in [-0.1, -0.05) is 39.4 Å². The second-order valence-electron chi connectivity index (χ2n) is 4.24. The molecule has 0 spiro atoms. The SMILES string of the molecule is COc1ccc(Br)cc1/C=N/Nc1nc2ccccc2s1. The van der Waals surface area contributed by atoms with Gasteiger partial charge >= 0.3 is 0 Å². The third kappa shape index (κ3) is 3.22. The summed E-state index contributed by atoms with van der Waals surface area (Å²) in [4.78, 5) is 4.46. The molecule has 0 fully saturated rings. The highest BCUT2D eigenvalue weighted by Gasteiger charge is 2.02. The highest BCUT2D eigenvalue weighted by Crippen LogP contribution is 2.25. The number of rotatable bonds is 4. The molecule has 106 valence electrons. The summed E-state index contributed by atoms with van der Waals surface area (Å²) in [7, 11) is 1.64. The minimum atomic E-state index is 0.765. The summed E-state index contributed by atoms with van der Waals surface area (Å²) >= 11 is 5.01. The Kier molecular flexibility index (Phi) is 4.17. The minimum absolute atomic E-state index is 0.765. The number of nitrogens with one attached hydrogen (secondary N) is 1. The van der Waals surface area contributed by atoms with E-state index in [9.17, 15) is 0 Å². The number of fused-ring (bicyclic) bond motifs is 1. The molecule has 3 aromatic rings. The van der Waals surface area contributed by atoms with Crippen molar-refractivity contribution in [3.63, 3.8) is 0 Å². The largest absolute Gasteiger partial charge is 0.496 e. The standard InChI is InChI=1S/C15H12BrN3OS/c1-20-13-7-6-11(16)8-10(13)9-17-19-15-18-12-4-2-3-5-14(12)21-15/h2-9H,1H3,(H,18,19)/b17-9+. The number of hydrogen-bond donors (Lipinski definition) is 1. The minimum Gasteiger partial charge on any atom is -0.496 e. The summed E-state index contributed by atoms with van der Waals surface area (Å²) in [6.07, 6.45) is 1.72. The monoisotopic (exact) mass is 361 g/mol. The van der Waals surface area contributed by atoms with Gasteiger partial charge in [-0.3, -0.25) is 5.43 Å². The number of para-hydroxylation sites is 1. The van der Waals surface area contributed by atoms with Crippen LogP contribution in [0, 0.1) is 0 Å². The zero-order chi connectivity index (χ0) is 14.7. The van der Waals surface area contributed by atoms with Gasteiger partial charge in [0.15, 0.2) is 0 Å². The molecule has 0 radical (unpaired) electrons. The van der Waals surface area contributed by atoms with E-state index in [2.05, 4.69) is 31.4 Å². The number of halogens is 1. The lowest BCUT2D eigenvalue weighted by atomic mass is 10.2. The van der Waals surface area contributed by atoms with E-state index in [0.717, 1.165) is 31.1 Å². The second kappa shape index (κ2) is 6.24. The first kappa shape index (κ1) is 14.0. The second-order valence-corrected chi connectivity index (χ2v) is 6.19. The van der Waals surface area contributed by atoms with E-state index in [1.165, 1.54) is 0 Å². The lowest BCUT2D eigenvalue weighted by molar-refractivity contribution is 0.414. The van der Waals surface area contributed by atoms with E-state index >= 15 is 0 Å². The van der Waals surface area contributed by atoms with Crippen LogP contribution in [0.4, 0.5) is 5.13 Å². The van der Waals surface area contributed by atoms with E-state index in [1.807, 2.05) is 42.5 Å². The van der Waals surface area contributed by atoms with Gasteiger partial charge in [0.25, 0.3) is 0 Å². The predicted octanol–water partition coefficient (Wildman–Crippen LogP) is 4.51. The number of hydrazone groups is 1. The van der Waals surface area contributed by atoms with Crippen molar-refractivity contribution in [1.82, 2.24) is 4.98 Å². The van der Waals surface area contributed by atoms with Crippen LogP contribution in [0.3, 0.4) is 0 Å². The van der Waals surface area contributed by atoms with Crippen LogP contribution >= 0.6 is 27.3 Å². The molecule has 0 aliphatic heterocycles. The van der Waals surface area contributed by atoms with E-state index in [1.54, 1.807) is 24.7 Å². The average Bonchev–Trinajstić information content (AvgIpc) is 2.90. The lowest BCUT2D eigenvalue weighted by Gasteiger charge is -2.04. The number of nitrogens with zero attached hydrogens (tertiary/aromatic N) is 2. The Balaban J connectivity index is 1.79. The number of anilines is 1. The first-order valence-corrected chi connectivity index (χ1v) is 7.85. The molecule has 6 heteroatoms. The van der Waals surface area contributed by atoms with Crippen molar-refractivity contribution in [3.8, 4) is 5.75 Å². The van der Waals surface area contributed by atoms with Gasteiger partial charge in [-0.15, -0.1) is 0 Å². The highest BCUT2D eigenvalue weighted by molar-refractivity contribution is 9.10. The average molecular weight is 362 g/mol.